The maximum atomic E-state index is 12.9. The number of methoxy groups -OCH3 is 3. The highest BCUT2D eigenvalue weighted by Gasteiger charge is 2.24. The molecule has 1 amide bonds. The molecule has 172 valence electrons. The van der Waals surface area contributed by atoms with Gasteiger partial charge in [-0.05, 0) is 36.3 Å². The van der Waals surface area contributed by atoms with Crippen LogP contribution in [0, 0.1) is 0 Å². The largest absolute Gasteiger partial charge is 0.496 e. The third-order valence-corrected chi connectivity index (χ3v) is 7.24. The Morgan fingerprint density at radius 1 is 0.969 bits per heavy atom. The lowest BCUT2D eigenvalue weighted by Gasteiger charge is -2.28. The maximum Gasteiger partial charge on any atom is 0.254 e. The van der Waals surface area contributed by atoms with E-state index in [1.165, 1.54) is 26.2 Å². The van der Waals surface area contributed by atoms with Crippen LogP contribution in [0.1, 0.15) is 22.3 Å². The molecule has 9 heteroatoms. The van der Waals surface area contributed by atoms with Crippen LogP contribution in [0.3, 0.4) is 0 Å². The van der Waals surface area contributed by atoms with Crippen LogP contribution in [0.15, 0.2) is 47.4 Å². The molecular weight excluding hydrogens is 432 g/mol. The Bertz CT molecular complexity index is 1100. The zero-order valence-electron chi connectivity index (χ0n) is 18.9. The number of rotatable bonds is 7. The van der Waals surface area contributed by atoms with E-state index in [2.05, 4.69) is 0 Å². The number of hydrogen-bond acceptors (Lipinski definition) is 6. The average molecular weight is 461 g/mol. The van der Waals surface area contributed by atoms with Crippen molar-refractivity contribution in [1.82, 2.24) is 9.21 Å². The van der Waals surface area contributed by atoms with Crippen molar-refractivity contribution in [3.8, 4) is 17.2 Å². The number of nitrogens with zero attached hydrogens (tertiary/aromatic N) is 2. The lowest BCUT2D eigenvalue weighted by Crippen LogP contribution is -2.34. The van der Waals surface area contributed by atoms with E-state index in [1.54, 1.807) is 50.5 Å². The Hall–Kier alpha value is -3.04. The average Bonchev–Trinajstić information content (AvgIpc) is 2.82. The predicted molar refractivity (Wildman–Crippen MR) is 122 cm³/mol. The summed E-state index contributed by atoms with van der Waals surface area (Å²) in [7, 11) is 4.18. The monoisotopic (exact) mass is 460 g/mol. The lowest BCUT2D eigenvalue weighted by atomic mass is 9.96. The number of sulfonamides is 1. The number of carbonyl (C=O) groups is 1. The van der Waals surface area contributed by atoms with E-state index in [4.69, 9.17) is 14.2 Å². The van der Waals surface area contributed by atoms with E-state index in [1.807, 2.05) is 6.08 Å². The number of ether oxygens (including phenoxy) is 3. The summed E-state index contributed by atoms with van der Waals surface area (Å²) in [4.78, 5) is 14.8. The number of hydrogen-bond donors (Lipinski definition) is 0. The molecule has 0 atom stereocenters. The van der Waals surface area contributed by atoms with E-state index in [-0.39, 0.29) is 10.8 Å². The highest BCUT2D eigenvalue weighted by Crippen LogP contribution is 2.41. The summed E-state index contributed by atoms with van der Waals surface area (Å²) in [5.41, 5.74) is 2.32. The molecule has 2 aromatic carbocycles. The van der Waals surface area contributed by atoms with Crippen LogP contribution in [0.5, 0.6) is 17.2 Å². The molecule has 0 bridgehead atoms. The van der Waals surface area contributed by atoms with Gasteiger partial charge in [-0.2, -0.15) is 0 Å². The van der Waals surface area contributed by atoms with Crippen molar-refractivity contribution in [3.05, 3.63) is 53.6 Å². The van der Waals surface area contributed by atoms with Crippen LogP contribution in [-0.4, -0.2) is 72.0 Å². The summed E-state index contributed by atoms with van der Waals surface area (Å²) in [6.07, 6.45) is 2.61. The van der Waals surface area contributed by atoms with Gasteiger partial charge in [0.1, 0.15) is 17.2 Å². The Labute approximate surface area is 189 Å². The van der Waals surface area contributed by atoms with Crippen molar-refractivity contribution < 1.29 is 27.4 Å². The fraction of sp³-hybridized carbons (Fsp3) is 0.348. The van der Waals surface area contributed by atoms with Gasteiger partial charge in [-0.3, -0.25) is 4.79 Å². The first-order valence-electron chi connectivity index (χ1n) is 10.0. The molecule has 0 aromatic heterocycles. The highest BCUT2D eigenvalue weighted by molar-refractivity contribution is 7.89. The van der Waals surface area contributed by atoms with Crippen molar-refractivity contribution >= 4 is 21.5 Å². The van der Waals surface area contributed by atoms with Gasteiger partial charge in [0.05, 0.1) is 31.8 Å². The molecule has 1 aliphatic heterocycles. The second-order valence-corrected chi connectivity index (χ2v) is 9.60. The molecule has 0 saturated heterocycles. The number of benzene rings is 2. The Balaban J connectivity index is 1.81. The minimum absolute atomic E-state index is 0.150. The molecule has 1 heterocycles. The number of carbonyl (C=O) groups excluding carboxylic acids is 1. The van der Waals surface area contributed by atoms with Crippen molar-refractivity contribution in [1.29, 1.82) is 0 Å². The summed E-state index contributed by atoms with van der Waals surface area (Å²) in [5.74, 6) is 1.77. The summed E-state index contributed by atoms with van der Waals surface area (Å²) in [6.45, 7) is 0.936. The molecule has 1 aliphatic rings. The van der Waals surface area contributed by atoms with E-state index in [0.717, 1.165) is 15.4 Å². The molecule has 3 rings (SSSR count). The van der Waals surface area contributed by atoms with Crippen LogP contribution in [-0.2, 0) is 10.0 Å². The Morgan fingerprint density at radius 2 is 1.56 bits per heavy atom. The fourth-order valence-corrected chi connectivity index (χ4v) is 4.47. The second-order valence-electron chi connectivity index (χ2n) is 7.45. The molecule has 0 fully saturated rings. The van der Waals surface area contributed by atoms with Gasteiger partial charge in [0.25, 0.3) is 5.91 Å². The Kier molecular flexibility index (Phi) is 7.10. The van der Waals surface area contributed by atoms with E-state index in [0.29, 0.717) is 42.3 Å². The van der Waals surface area contributed by atoms with Crippen LogP contribution in [0.4, 0.5) is 0 Å². The van der Waals surface area contributed by atoms with E-state index >= 15 is 0 Å². The minimum atomic E-state index is -3.53. The SMILES string of the molecule is COc1cc(OC)c(C2=CCN(C(=O)c3ccc(S(=O)(=O)N(C)C)cc3)CC2)c(OC)c1. The topological polar surface area (TPSA) is 85.4 Å². The molecule has 0 aliphatic carbocycles. The number of amides is 1. The summed E-state index contributed by atoms with van der Waals surface area (Å²) in [6, 6.07) is 9.63. The highest BCUT2D eigenvalue weighted by atomic mass is 32.2. The first-order chi connectivity index (χ1) is 15.2. The summed E-state index contributed by atoms with van der Waals surface area (Å²) in [5, 5.41) is 0. The van der Waals surface area contributed by atoms with Gasteiger partial charge in [0.15, 0.2) is 0 Å². The van der Waals surface area contributed by atoms with Crippen LogP contribution in [0.25, 0.3) is 5.57 Å². The second kappa shape index (κ2) is 9.62. The molecular formula is C23H28N2O6S. The molecule has 2 aromatic rings. The van der Waals surface area contributed by atoms with Crippen LogP contribution >= 0.6 is 0 Å². The summed E-state index contributed by atoms with van der Waals surface area (Å²) < 4.78 is 42.0. The van der Waals surface area contributed by atoms with Gasteiger partial charge in [0.2, 0.25) is 10.0 Å². The van der Waals surface area contributed by atoms with Gasteiger partial charge in [-0.1, -0.05) is 6.08 Å². The van der Waals surface area contributed by atoms with Gasteiger partial charge >= 0.3 is 0 Å². The van der Waals surface area contributed by atoms with Crippen molar-refractivity contribution in [3.63, 3.8) is 0 Å². The van der Waals surface area contributed by atoms with Gasteiger partial charge in [-0.25, -0.2) is 12.7 Å². The van der Waals surface area contributed by atoms with Crippen LogP contribution < -0.4 is 14.2 Å². The third-order valence-electron chi connectivity index (χ3n) is 5.41. The van der Waals surface area contributed by atoms with Gasteiger partial charge in [0, 0.05) is 44.9 Å². The molecule has 32 heavy (non-hydrogen) atoms. The van der Waals surface area contributed by atoms with E-state index in [9.17, 15) is 13.2 Å². The van der Waals surface area contributed by atoms with Crippen molar-refractivity contribution in [2.24, 2.45) is 0 Å². The Morgan fingerprint density at radius 3 is 2.00 bits per heavy atom. The van der Waals surface area contributed by atoms with Crippen molar-refractivity contribution in [2.45, 2.75) is 11.3 Å². The third kappa shape index (κ3) is 4.58. The standard InChI is InChI=1S/C23H28N2O6S/c1-24(2)32(27,28)19-8-6-17(7-9-19)23(26)25-12-10-16(11-13-25)22-20(30-4)14-18(29-3)15-21(22)31-5/h6-10,14-15H,11-13H2,1-5H3. The normalized spacial score (nSPS) is 14.2. The molecule has 0 N–H and O–H groups in total. The molecule has 8 nitrogen and oxygen atoms in total. The van der Waals surface area contributed by atoms with Crippen LogP contribution in [0.2, 0.25) is 0 Å². The zero-order chi connectivity index (χ0) is 23.5. The van der Waals surface area contributed by atoms with Gasteiger partial charge < -0.3 is 19.1 Å². The van der Waals surface area contributed by atoms with Crippen molar-refractivity contribution in [2.75, 3.05) is 48.5 Å². The molecule has 0 spiro atoms. The molecule has 0 saturated carbocycles. The zero-order valence-corrected chi connectivity index (χ0v) is 19.7. The molecule has 0 unspecified atom stereocenters. The van der Waals surface area contributed by atoms with Gasteiger partial charge in [-0.15, -0.1) is 0 Å². The minimum Gasteiger partial charge on any atom is -0.496 e. The maximum absolute atomic E-state index is 12.9. The molecule has 0 radical (unpaired) electrons. The summed E-state index contributed by atoms with van der Waals surface area (Å²) >= 11 is 0. The smallest absolute Gasteiger partial charge is 0.254 e. The lowest BCUT2D eigenvalue weighted by molar-refractivity contribution is 0.0772. The first-order valence-corrected chi connectivity index (χ1v) is 11.5. The van der Waals surface area contributed by atoms with E-state index < -0.39 is 10.0 Å². The fourth-order valence-electron chi connectivity index (χ4n) is 3.57. The quantitative estimate of drug-likeness (QED) is 0.632. The predicted octanol–water partition coefficient (Wildman–Crippen LogP) is 2.89. The first kappa shape index (κ1) is 23.6.